The second kappa shape index (κ2) is 6.84. The van der Waals surface area contributed by atoms with E-state index in [0.717, 1.165) is 60.2 Å². The summed E-state index contributed by atoms with van der Waals surface area (Å²) in [6.45, 7) is 3.32. The molecule has 9 heteroatoms. The van der Waals surface area contributed by atoms with E-state index in [2.05, 4.69) is 34.8 Å². The molecule has 1 fully saturated rings. The van der Waals surface area contributed by atoms with Gasteiger partial charge in [-0.25, -0.2) is 19.9 Å². The van der Waals surface area contributed by atoms with Gasteiger partial charge in [0.1, 0.15) is 12.1 Å². The molecule has 28 heavy (non-hydrogen) atoms. The Morgan fingerprint density at radius 1 is 0.857 bits per heavy atom. The van der Waals surface area contributed by atoms with E-state index >= 15 is 0 Å². The minimum Gasteiger partial charge on any atom is -0.352 e. The first-order valence-corrected chi connectivity index (χ1v) is 9.15. The lowest BCUT2D eigenvalue weighted by molar-refractivity contribution is 0.636. The van der Waals surface area contributed by atoms with Gasteiger partial charge in [0.2, 0.25) is 5.95 Å². The van der Waals surface area contributed by atoms with E-state index in [9.17, 15) is 0 Å². The van der Waals surface area contributed by atoms with E-state index in [1.54, 1.807) is 23.4 Å². The molecule has 9 nitrogen and oxygen atoms in total. The molecule has 0 unspecified atom stereocenters. The molecule has 0 amide bonds. The number of hydrogen-bond donors (Lipinski definition) is 0. The molecule has 0 aliphatic carbocycles. The molecule has 0 bridgehead atoms. The molecule has 0 saturated carbocycles. The zero-order chi connectivity index (χ0) is 18.9. The molecule has 5 rings (SSSR count). The molecule has 0 radical (unpaired) electrons. The summed E-state index contributed by atoms with van der Waals surface area (Å²) in [6, 6.07) is 5.84. The molecule has 4 aromatic heterocycles. The van der Waals surface area contributed by atoms with E-state index in [1.807, 2.05) is 37.6 Å². The lowest BCUT2D eigenvalue weighted by Crippen LogP contribution is -2.47. The predicted molar refractivity (Wildman–Crippen MR) is 106 cm³/mol. The molecular formula is C19H19N9. The van der Waals surface area contributed by atoms with E-state index in [-0.39, 0.29) is 0 Å². The minimum atomic E-state index is 0.753. The van der Waals surface area contributed by atoms with Crippen molar-refractivity contribution in [2.75, 3.05) is 36.0 Å². The fourth-order valence-corrected chi connectivity index (χ4v) is 3.50. The van der Waals surface area contributed by atoms with Crippen molar-refractivity contribution in [3.8, 4) is 11.3 Å². The van der Waals surface area contributed by atoms with Crippen LogP contribution in [-0.2, 0) is 7.05 Å². The minimum absolute atomic E-state index is 0.753. The van der Waals surface area contributed by atoms with Gasteiger partial charge in [-0.3, -0.25) is 9.67 Å². The fraction of sp³-hybridized carbons (Fsp3) is 0.263. The van der Waals surface area contributed by atoms with Crippen LogP contribution in [0.2, 0.25) is 0 Å². The van der Waals surface area contributed by atoms with Gasteiger partial charge in [-0.1, -0.05) is 0 Å². The number of anilines is 2. The number of fused-ring (bicyclic) bond motifs is 1. The monoisotopic (exact) mass is 373 g/mol. The van der Waals surface area contributed by atoms with Crippen LogP contribution < -0.4 is 9.80 Å². The molecule has 0 N–H and O–H groups in total. The molecule has 0 spiro atoms. The van der Waals surface area contributed by atoms with Crippen LogP contribution in [0.25, 0.3) is 22.3 Å². The zero-order valence-electron chi connectivity index (χ0n) is 15.5. The Morgan fingerprint density at radius 2 is 1.64 bits per heavy atom. The lowest BCUT2D eigenvalue weighted by atomic mass is 10.2. The Morgan fingerprint density at radius 3 is 2.46 bits per heavy atom. The van der Waals surface area contributed by atoms with Gasteiger partial charge in [0, 0.05) is 57.4 Å². The first-order valence-electron chi connectivity index (χ1n) is 9.15. The first kappa shape index (κ1) is 16.5. The number of aryl methyl sites for hydroxylation is 1. The molecule has 0 aromatic carbocycles. The van der Waals surface area contributed by atoms with Gasteiger partial charge < -0.3 is 9.80 Å². The first-order chi connectivity index (χ1) is 13.8. The van der Waals surface area contributed by atoms with E-state index in [0.29, 0.717) is 0 Å². The second-order valence-electron chi connectivity index (χ2n) is 6.65. The molecule has 1 aliphatic rings. The summed E-state index contributed by atoms with van der Waals surface area (Å²) in [6.07, 6.45) is 8.80. The molecule has 1 saturated heterocycles. The van der Waals surface area contributed by atoms with Crippen LogP contribution in [0.1, 0.15) is 0 Å². The van der Waals surface area contributed by atoms with Crippen LogP contribution in [-0.4, -0.2) is 60.9 Å². The summed E-state index contributed by atoms with van der Waals surface area (Å²) in [5.74, 6) is 1.69. The third-order valence-electron chi connectivity index (χ3n) is 4.99. The maximum absolute atomic E-state index is 4.75. The SMILES string of the molecule is Cn1ncc2c(N3CCN(c4nccc(-c5ccncc5)n4)CC3)ncnc21. The van der Waals surface area contributed by atoms with Crippen molar-refractivity contribution in [2.45, 2.75) is 0 Å². The van der Waals surface area contributed by atoms with Crippen LogP contribution in [0.5, 0.6) is 0 Å². The van der Waals surface area contributed by atoms with Crippen LogP contribution in [0, 0.1) is 0 Å². The van der Waals surface area contributed by atoms with Gasteiger partial charge in [-0.05, 0) is 18.2 Å². The Balaban J connectivity index is 1.35. The number of aromatic nitrogens is 7. The molecule has 0 atom stereocenters. The molecule has 140 valence electrons. The number of hydrogen-bond acceptors (Lipinski definition) is 8. The van der Waals surface area contributed by atoms with Gasteiger partial charge in [0.25, 0.3) is 0 Å². The average molecular weight is 373 g/mol. The molecule has 1 aliphatic heterocycles. The number of pyridine rings is 1. The smallest absolute Gasteiger partial charge is 0.225 e. The van der Waals surface area contributed by atoms with Crippen molar-refractivity contribution < 1.29 is 0 Å². The Bertz CT molecular complexity index is 1100. The second-order valence-corrected chi connectivity index (χ2v) is 6.65. The largest absolute Gasteiger partial charge is 0.352 e. The van der Waals surface area contributed by atoms with Gasteiger partial charge in [0.05, 0.1) is 17.3 Å². The zero-order valence-corrected chi connectivity index (χ0v) is 15.5. The Hall–Kier alpha value is -3.62. The van der Waals surface area contributed by atoms with Crippen molar-refractivity contribution in [1.82, 2.24) is 34.7 Å². The highest BCUT2D eigenvalue weighted by Gasteiger charge is 2.22. The summed E-state index contributed by atoms with van der Waals surface area (Å²) in [5, 5.41) is 5.29. The van der Waals surface area contributed by atoms with Crippen molar-refractivity contribution >= 4 is 22.8 Å². The van der Waals surface area contributed by atoms with Crippen molar-refractivity contribution in [3.05, 3.63) is 49.3 Å². The van der Waals surface area contributed by atoms with E-state index in [1.165, 1.54) is 0 Å². The quantitative estimate of drug-likeness (QED) is 0.534. The van der Waals surface area contributed by atoms with Crippen LogP contribution >= 0.6 is 0 Å². The summed E-state index contributed by atoms with van der Waals surface area (Å²) < 4.78 is 1.77. The third kappa shape index (κ3) is 2.90. The van der Waals surface area contributed by atoms with E-state index in [4.69, 9.17) is 4.98 Å². The van der Waals surface area contributed by atoms with Crippen LogP contribution in [0.3, 0.4) is 0 Å². The standard InChI is InChI=1S/C19H19N9/c1-26-17-15(12-24-26)18(23-13-22-17)27-8-10-28(11-9-27)19-21-7-4-16(25-19)14-2-5-20-6-3-14/h2-7,12-13H,8-11H2,1H3. The topological polar surface area (TPSA) is 88.8 Å². The van der Waals surface area contributed by atoms with Crippen molar-refractivity contribution in [2.24, 2.45) is 7.05 Å². The highest BCUT2D eigenvalue weighted by Crippen LogP contribution is 2.24. The average Bonchev–Trinajstić information content (AvgIpc) is 3.16. The number of rotatable bonds is 3. The summed E-state index contributed by atoms with van der Waals surface area (Å²) in [5.41, 5.74) is 2.79. The lowest BCUT2D eigenvalue weighted by Gasteiger charge is -2.35. The third-order valence-corrected chi connectivity index (χ3v) is 4.99. The number of nitrogens with zero attached hydrogens (tertiary/aromatic N) is 9. The number of piperazine rings is 1. The fourth-order valence-electron chi connectivity index (χ4n) is 3.50. The summed E-state index contributed by atoms with van der Waals surface area (Å²) in [4.78, 5) is 26.6. The van der Waals surface area contributed by atoms with Crippen molar-refractivity contribution in [1.29, 1.82) is 0 Å². The Kier molecular flexibility index (Phi) is 4.04. The van der Waals surface area contributed by atoms with Crippen molar-refractivity contribution in [3.63, 3.8) is 0 Å². The Labute approximate surface area is 161 Å². The van der Waals surface area contributed by atoms with Gasteiger partial charge >= 0.3 is 0 Å². The molecule has 5 heterocycles. The summed E-state index contributed by atoms with van der Waals surface area (Å²) >= 11 is 0. The van der Waals surface area contributed by atoms with Gasteiger partial charge in [-0.15, -0.1) is 0 Å². The highest BCUT2D eigenvalue weighted by atomic mass is 15.3. The molecule has 4 aromatic rings. The normalized spacial score (nSPS) is 14.6. The predicted octanol–water partition coefficient (Wildman–Crippen LogP) is 1.54. The molecular weight excluding hydrogens is 354 g/mol. The maximum Gasteiger partial charge on any atom is 0.225 e. The van der Waals surface area contributed by atoms with E-state index < -0.39 is 0 Å². The summed E-state index contributed by atoms with van der Waals surface area (Å²) in [7, 11) is 1.89. The maximum atomic E-state index is 4.75. The van der Waals surface area contributed by atoms with Crippen LogP contribution in [0.4, 0.5) is 11.8 Å². The van der Waals surface area contributed by atoms with Gasteiger partial charge in [0.15, 0.2) is 5.65 Å². The van der Waals surface area contributed by atoms with Gasteiger partial charge in [-0.2, -0.15) is 5.10 Å². The van der Waals surface area contributed by atoms with Crippen LogP contribution in [0.15, 0.2) is 49.3 Å². The highest BCUT2D eigenvalue weighted by molar-refractivity contribution is 5.86.